The minimum absolute atomic E-state index is 0.346. The van der Waals surface area contributed by atoms with Gasteiger partial charge in [0.25, 0.3) is 0 Å². The third kappa shape index (κ3) is 3.34. The molecule has 1 fully saturated rings. The first kappa shape index (κ1) is 15.3. The molecule has 7 heteroatoms. The lowest BCUT2D eigenvalue weighted by atomic mass is 9.98. The van der Waals surface area contributed by atoms with E-state index in [1.807, 2.05) is 20.2 Å². The van der Waals surface area contributed by atoms with Gasteiger partial charge in [0.15, 0.2) is 0 Å². The number of hydrogen-bond acceptors (Lipinski definition) is 3. The van der Waals surface area contributed by atoms with Gasteiger partial charge in [-0.15, -0.1) is 0 Å². The van der Waals surface area contributed by atoms with Crippen LogP contribution in [0.1, 0.15) is 43.9 Å². The zero-order valence-electron chi connectivity index (χ0n) is 12.5. The van der Waals surface area contributed by atoms with Crippen LogP contribution in [0.5, 0.6) is 0 Å². The van der Waals surface area contributed by atoms with Crippen LogP contribution in [0, 0.1) is 0 Å². The third-order valence-corrected chi connectivity index (χ3v) is 3.99. The van der Waals surface area contributed by atoms with Crippen LogP contribution >= 0.6 is 0 Å². The van der Waals surface area contributed by atoms with Crippen LogP contribution in [0.25, 0.3) is 0 Å². The van der Waals surface area contributed by atoms with E-state index in [-0.39, 0.29) is 0 Å². The Morgan fingerprint density at radius 2 is 2.10 bits per heavy atom. The number of aryl methyl sites for hydroxylation is 2. The molecule has 0 radical (unpaired) electrons. The molecule has 0 bridgehead atoms. The first-order valence-corrected chi connectivity index (χ1v) is 7.27. The fourth-order valence-corrected chi connectivity index (χ4v) is 2.84. The van der Waals surface area contributed by atoms with Gasteiger partial charge in [-0.05, 0) is 19.3 Å². The zero-order chi connectivity index (χ0) is 15.5. The van der Waals surface area contributed by atoms with Crippen molar-refractivity contribution in [2.75, 3.05) is 0 Å². The lowest BCUT2D eigenvalue weighted by molar-refractivity contribution is -0.144. The van der Waals surface area contributed by atoms with Gasteiger partial charge in [-0.3, -0.25) is 4.68 Å². The second kappa shape index (κ2) is 6.15. The highest BCUT2D eigenvalue weighted by atomic mass is 16.4. The van der Waals surface area contributed by atoms with Crippen LogP contribution in [-0.4, -0.2) is 32.4 Å². The van der Waals surface area contributed by atoms with E-state index >= 15 is 0 Å². The van der Waals surface area contributed by atoms with Crippen molar-refractivity contribution in [3.05, 3.63) is 17.5 Å². The summed E-state index contributed by atoms with van der Waals surface area (Å²) in [5.74, 6) is -0.953. The number of rotatable bonds is 5. The monoisotopic (exact) mass is 294 g/mol. The molecular formula is C14H22N4O3. The van der Waals surface area contributed by atoms with Gasteiger partial charge in [0, 0.05) is 25.4 Å². The Morgan fingerprint density at radius 3 is 2.67 bits per heavy atom. The summed E-state index contributed by atoms with van der Waals surface area (Å²) in [5.41, 5.74) is 0.782. The van der Waals surface area contributed by atoms with Gasteiger partial charge < -0.3 is 15.7 Å². The van der Waals surface area contributed by atoms with E-state index in [1.54, 1.807) is 4.68 Å². The molecule has 1 aromatic heterocycles. The Balaban J connectivity index is 1.94. The molecule has 1 aliphatic carbocycles. The Labute approximate surface area is 123 Å². The molecule has 1 heterocycles. The topological polar surface area (TPSA) is 96.3 Å². The molecule has 0 unspecified atom stereocenters. The third-order valence-electron chi connectivity index (χ3n) is 3.99. The van der Waals surface area contributed by atoms with Crippen LogP contribution in [-0.2, 0) is 24.8 Å². The number of aliphatic carboxylic acids is 1. The summed E-state index contributed by atoms with van der Waals surface area (Å²) < 4.78 is 1.71. The second-order valence-electron chi connectivity index (χ2n) is 5.53. The average molecular weight is 294 g/mol. The summed E-state index contributed by atoms with van der Waals surface area (Å²) >= 11 is 0. The molecule has 0 saturated heterocycles. The van der Waals surface area contributed by atoms with Gasteiger partial charge in [-0.1, -0.05) is 19.8 Å². The van der Waals surface area contributed by atoms with Crippen LogP contribution < -0.4 is 10.6 Å². The number of amides is 2. The number of carbonyl (C=O) groups excluding carboxylic acids is 1. The summed E-state index contributed by atoms with van der Waals surface area (Å²) in [4.78, 5) is 23.4. The summed E-state index contributed by atoms with van der Waals surface area (Å²) in [7, 11) is 1.83. The van der Waals surface area contributed by atoms with E-state index in [0.717, 1.165) is 30.5 Å². The fraction of sp³-hybridized carbons (Fsp3) is 0.643. The molecule has 1 aliphatic rings. The van der Waals surface area contributed by atoms with Crippen molar-refractivity contribution in [2.45, 2.75) is 51.1 Å². The molecule has 1 aromatic rings. The van der Waals surface area contributed by atoms with E-state index in [9.17, 15) is 14.7 Å². The van der Waals surface area contributed by atoms with E-state index in [0.29, 0.717) is 19.4 Å². The summed E-state index contributed by atoms with van der Waals surface area (Å²) in [6.07, 6.45) is 5.29. The maximum Gasteiger partial charge on any atom is 0.329 e. The SMILES string of the molecule is CCc1nn(C)cc1CNC(=O)NC1(C(=O)O)CCCC1. The molecule has 21 heavy (non-hydrogen) atoms. The van der Waals surface area contributed by atoms with Crippen molar-refractivity contribution in [3.8, 4) is 0 Å². The van der Waals surface area contributed by atoms with Crippen LogP contribution in [0.2, 0.25) is 0 Å². The maximum atomic E-state index is 12.0. The lowest BCUT2D eigenvalue weighted by Crippen LogP contribution is -2.55. The first-order valence-electron chi connectivity index (χ1n) is 7.27. The molecule has 3 N–H and O–H groups in total. The molecule has 0 atom stereocenters. The van der Waals surface area contributed by atoms with Crippen molar-refractivity contribution >= 4 is 12.0 Å². The average Bonchev–Trinajstić information content (AvgIpc) is 3.03. The highest BCUT2D eigenvalue weighted by Crippen LogP contribution is 2.29. The number of nitrogens with zero attached hydrogens (tertiary/aromatic N) is 2. The number of aromatic nitrogens is 2. The van der Waals surface area contributed by atoms with E-state index in [2.05, 4.69) is 15.7 Å². The van der Waals surface area contributed by atoms with Crippen LogP contribution in [0.15, 0.2) is 6.20 Å². The van der Waals surface area contributed by atoms with Crippen molar-refractivity contribution in [1.82, 2.24) is 20.4 Å². The van der Waals surface area contributed by atoms with E-state index in [1.165, 1.54) is 0 Å². The number of carboxylic acid groups (broad SMARTS) is 1. The number of carboxylic acids is 1. The second-order valence-corrected chi connectivity index (χ2v) is 5.53. The Bertz CT molecular complexity index is 532. The van der Waals surface area contributed by atoms with E-state index in [4.69, 9.17) is 0 Å². The lowest BCUT2D eigenvalue weighted by Gasteiger charge is -2.25. The first-order chi connectivity index (χ1) is 9.97. The van der Waals surface area contributed by atoms with Gasteiger partial charge in [0.1, 0.15) is 5.54 Å². The van der Waals surface area contributed by atoms with Gasteiger partial charge >= 0.3 is 12.0 Å². The molecule has 2 rings (SSSR count). The summed E-state index contributed by atoms with van der Waals surface area (Å²) in [6.45, 7) is 2.35. The predicted molar refractivity (Wildman–Crippen MR) is 76.8 cm³/mol. The van der Waals surface area contributed by atoms with Crippen molar-refractivity contribution in [3.63, 3.8) is 0 Å². The molecule has 1 saturated carbocycles. The molecular weight excluding hydrogens is 272 g/mol. The largest absolute Gasteiger partial charge is 0.480 e. The zero-order valence-corrected chi connectivity index (χ0v) is 12.5. The van der Waals surface area contributed by atoms with Gasteiger partial charge in [-0.25, -0.2) is 9.59 Å². The minimum atomic E-state index is -1.10. The number of urea groups is 1. The van der Waals surface area contributed by atoms with Crippen molar-refractivity contribution < 1.29 is 14.7 Å². The minimum Gasteiger partial charge on any atom is -0.480 e. The molecule has 2 amide bonds. The number of nitrogens with one attached hydrogen (secondary N) is 2. The molecule has 0 aromatic carbocycles. The molecule has 0 aliphatic heterocycles. The molecule has 0 spiro atoms. The van der Waals surface area contributed by atoms with Gasteiger partial charge in [0.05, 0.1) is 5.69 Å². The highest BCUT2D eigenvalue weighted by Gasteiger charge is 2.42. The van der Waals surface area contributed by atoms with Gasteiger partial charge in [0.2, 0.25) is 0 Å². The smallest absolute Gasteiger partial charge is 0.329 e. The standard InChI is InChI=1S/C14H22N4O3/c1-3-11-10(9-18(2)17-11)8-15-13(21)16-14(12(19)20)6-4-5-7-14/h9H,3-8H2,1-2H3,(H,19,20)(H2,15,16,21). The fourth-order valence-electron chi connectivity index (χ4n) is 2.84. The number of hydrogen-bond donors (Lipinski definition) is 3. The van der Waals surface area contributed by atoms with Crippen LogP contribution in [0.3, 0.4) is 0 Å². The Morgan fingerprint density at radius 1 is 1.43 bits per heavy atom. The predicted octanol–water partition coefficient (Wildman–Crippen LogP) is 1.18. The maximum absolute atomic E-state index is 12.0. The van der Waals surface area contributed by atoms with Crippen molar-refractivity contribution in [2.24, 2.45) is 7.05 Å². The quantitative estimate of drug-likeness (QED) is 0.759. The van der Waals surface area contributed by atoms with Crippen molar-refractivity contribution in [1.29, 1.82) is 0 Å². The van der Waals surface area contributed by atoms with E-state index < -0.39 is 17.5 Å². The highest BCUT2D eigenvalue weighted by molar-refractivity contribution is 5.86. The molecule has 116 valence electrons. The number of carbonyl (C=O) groups is 2. The Hall–Kier alpha value is -2.05. The summed E-state index contributed by atoms with van der Waals surface area (Å²) in [5, 5.41) is 19.0. The molecule has 7 nitrogen and oxygen atoms in total. The normalized spacial score (nSPS) is 16.7. The summed E-state index contributed by atoms with van der Waals surface area (Å²) in [6, 6.07) is -0.440. The van der Waals surface area contributed by atoms with Crippen LogP contribution in [0.4, 0.5) is 4.79 Å². The van der Waals surface area contributed by atoms with Gasteiger partial charge in [-0.2, -0.15) is 5.10 Å². The Kier molecular flexibility index (Phi) is 4.50.